The minimum atomic E-state index is -0.668. The van der Waals surface area contributed by atoms with E-state index in [4.69, 9.17) is 20.8 Å². The van der Waals surface area contributed by atoms with Gasteiger partial charge in [0.2, 0.25) is 0 Å². The van der Waals surface area contributed by atoms with Crippen LogP contribution in [0.15, 0.2) is 47.1 Å². The van der Waals surface area contributed by atoms with Gasteiger partial charge in [-0.1, -0.05) is 11.6 Å². The number of carbonyl (C=O) groups excluding carboxylic acids is 1. The maximum atomic E-state index is 14.0. The summed E-state index contributed by atoms with van der Waals surface area (Å²) >= 11 is 6.18. The number of carbonyl (C=O) groups is 1. The predicted molar refractivity (Wildman–Crippen MR) is 92.6 cm³/mol. The zero-order chi connectivity index (χ0) is 18.0. The van der Waals surface area contributed by atoms with E-state index in [0.717, 1.165) is 6.07 Å². The molecule has 0 aliphatic heterocycles. The molecule has 1 amide bonds. The van der Waals surface area contributed by atoms with Gasteiger partial charge in [0.1, 0.15) is 23.5 Å². The lowest BCUT2D eigenvalue weighted by molar-refractivity contribution is 0.102. The Morgan fingerprint density at radius 2 is 2.08 bits per heavy atom. The third-order valence-electron chi connectivity index (χ3n) is 3.54. The fraction of sp³-hybridized carbons (Fsp3) is 0.111. The molecule has 2 aromatic carbocycles. The van der Waals surface area contributed by atoms with Crippen molar-refractivity contribution in [1.82, 2.24) is 4.98 Å². The zero-order valence-electron chi connectivity index (χ0n) is 13.5. The van der Waals surface area contributed by atoms with Crippen molar-refractivity contribution in [3.63, 3.8) is 0 Å². The highest BCUT2D eigenvalue weighted by Crippen LogP contribution is 2.30. The largest absolute Gasteiger partial charge is 0.497 e. The molecule has 0 fully saturated rings. The minimum Gasteiger partial charge on any atom is -0.497 e. The van der Waals surface area contributed by atoms with Crippen molar-refractivity contribution < 1.29 is 18.3 Å². The van der Waals surface area contributed by atoms with Gasteiger partial charge in [-0.25, -0.2) is 9.37 Å². The smallest absolute Gasteiger partial charge is 0.258 e. The molecule has 1 N–H and O–H groups in total. The highest BCUT2D eigenvalue weighted by atomic mass is 35.5. The molecule has 0 spiro atoms. The number of nitrogens with zero attached hydrogens (tertiary/aromatic N) is 1. The summed E-state index contributed by atoms with van der Waals surface area (Å²) in [6, 6.07) is 8.93. The third kappa shape index (κ3) is 3.64. The Balaban J connectivity index is 1.87. The lowest BCUT2D eigenvalue weighted by Crippen LogP contribution is -2.13. The molecule has 1 heterocycles. The second kappa shape index (κ2) is 6.94. The molecule has 7 heteroatoms. The second-order valence-corrected chi connectivity index (χ2v) is 5.65. The van der Waals surface area contributed by atoms with Gasteiger partial charge in [-0.05, 0) is 30.3 Å². The lowest BCUT2D eigenvalue weighted by Gasteiger charge is -2.09. The van der Waals surface area contributed by atoms with E-state index >= 15 is 0 Å². The molecule has 3 aromatic rings. The number of hydrogen-bond acceptors (Lipinski definition) is 4. The van der Waals surface area contributed by atoms with Gasteiger partial charge in [0.25, 0.3) is 5.91 Å². The Hall–Kier alpha value is -2.86. The van der Waals surface area contributed by atoms with Gasteiger partial charge < -0.3 is 14.5 Å². The SMILES string of the molecule is COc1ccc(C(=O)Nc2ccc(Cl)c(-c3coc(C)n3)c2)c(F)c1. The van der Waals surface area contributed by atoms with E-state index in [1.165, 1.54) is 25.5 Å². The molecule has 3 rings (SSSR count). The van der Waals surface area contributed by atoms with Crippen molar-refractivity contribution in [2.45, 2.75) is 6.92 Å². The van der Waals surface area contributed by atoms with Crippen LogP contribution in [0, 0.1) is 12.7 Å². The van der Waals surface area contributed by atoms with Crippen LogP contribution in [0.4, 0.5) is 10.1 Å². The monoisotopic (exact) mass is 360 g/mol. The Bertz CT molecular complexity index is 940. The number of hydrogen-bond donors (Lipinski definition) is 1. The number of ether oxygens (including phenoxy) is 1. The predicted octanol–water partition coefficient (Wildman–Crippen LogP) is 4.70. The molecule has 0 radical (unpaired) electrons. The quantitative estimate of drug-likeness (QED) is 0.732. The maximum Gasteiger partial charge on any atom is 0.258 e. The summed E-state index contributed by atoms with van der Waals surface area (Å²) in [4.78, 5) is 16.5. The van der Waals surface area contributed by atoms with Gasteiger partial charge in [0.15, 0.2) is 5.89 Å². The first-order chi connectivity index (χ1) is 12.0. The van der Waals surface area contributed by atoms with E-state index < -0.39 is 11.7 Å². The van der Waals surface area contributed by atoms with Gasteiger partial charge >= 0.3 is 0 Å². The van der Waals surface area contributed by atoms with E-state index in [1.807, 2.05) is 0 Å². The first-order valence-electron chi connectivity index (χ1n) is 7.35. The summed E-state index contributed by atoms with van der Waals surface area (Å²) < 4.78 is 24.1. The molecule has 0 bridgehead atoms. The first-order valence-corrected chi connectivity index (χ1v) is 7.72. The van der Waals surface area contributed by atoms with Crippen molar-refractivity contribution in [2.75, 3.05) is 12.4 Å². The summed E-state index contributed by atoms with van der Waals surface area (Å²) in [5, 5.41) is 3.10. The standard InChI is InChI=1S/C18H14ClFN2O3/c1-10-21-17(9-25-10)14-7-11(3-6-15(14)19)22-18(23)13-5-4-12(24-2)8-16(13)20/h3-9H,1-2H3,(H,22,23). The number of halogens is 2. The van der Waals surface area contributed by atoms with E-state index in [1.54, 1.807) is 25.1 Å². The summed E-state index contributed by atoms with van der Waals surface area (Å²) in [5.41, 5.74) is 1.52. The van der Waals surface area contributed by atoms with Gasteiger partial charge in [0.05, 0.1) is 17.7 Å². The van der Waals surface area contributed by atoms with Crippen LogP contribution in [-0.2, 0) is 0 Å². The molecule has 0 saturated carbocycles. The number of methoxy groups -OCH3 is 1. The van der Waals surface area contributed by atoms with Crippen LogP contribution in [0.3, 0.4) is 0 Å². The van der Waals surface area contributed by atoms with Crippen LogP contribution in [-0.4, -0.2) is 18.0 Å². The number of anilines is 1. The number of nitrogens with one attached hydrogen (secondary N) is 1. The highest BCUT2D eigenvalue weighted by molar-refractivity contribution is 6.33. The van der Waals surface area contributed by atoms with Gasteiger partial charge in [-0.3, -0.25) is 4.79 Å². The van der Waals surface area contributed by atoms with E-state index in [0.29, 0.717) is 33.6 Å². The third-order valence-corrected chi connectivity index (χ3v) is 3.87. The molecular weight excluding hydrogens is 347 g/mol. The van der Waals surface area contributed by atoms with E-state index in [-0.39, 0.29) is 5.56 Å². The molecule has 25 heavy (non-hydrogen) atoms. The molecule has 5 nitrogen and oxygen atoms in total. The normalized spacial score (nSPS) is 10.6. The van der Waals surface area contributed by atoms with Crippen LogP contribution in [0.2, 0.25) is 5.02 Å². The average molecular weight is 361 g/mol. The zero-order valence-corrected chi connectivity index (χ0v) is 14.2. The Labute approximate surface area is 148 Å². The van der Waals surface area contributed by atoms with Crippen molar-refractivity contribution >= 4 is 23.2 Å². The van der Waals surface area contributed by atoms with Crippen LogP contribution in [0.25, 0.3) is 11.3 Å². The van der Waals surface area contributed by atoms with E-state index in [9.17, 15) is 9.18 Å². The van der Waals surface area contributed by atoms with Crippen molar-refractivity contribution in [3.8, 4) is 17.0 Å². The number of oxazole rings is 1. The molecule has 1 aromatic heterocycles. The molecule has 0 saturated heterocycles. The Morgan fingerprint density at radius 1 is 1.28 bits per heavy atom. The minimum absolute atomic E-state index is 0.0884. The van der Waals surface area contributed by atoms with Crippen molar-refractivity contribution in [3.05, 3.63) is 65.0 Å². The van der Waals surface area contributed by atoms with Crippen LogP contribution in [0.1, 0.15) is 16.2 Å². The lowest BCUT2D eigenvalue weighted by atomic mass is 10.1. The van der Waals surface area contributed by atoms with Gasteiger partial charge in [0, 0.05) is 24.2 Å². The highest BCUT2D eigenvalue weighted by Gasteiger charge is 2.15. The summed E-state index contributed by atoms with van der Waals surface area (Å²) in [6.45, 7) is 1.72. The molecular formula is C18H14ClFN2O3. The average Bonchev–Trinajstić information content (AvgIpc) is 3.02. The Morgan fingerprint density at radius 3 is 2.72 bits per heavy atom. The van der Waals surface area contributed by atoms with Crippen LogP contribution < -0.4 is 10.1 Å². The number of aryl methyl sites for hydroxylation is 1. The fourth-order valence-corrected chi connectivity index (χ4v) is 2.51. The topological polar surface area (TPSA) is 64.4 Å². The summed E-state index contributed by atoms with van der Waals surface area (Å²) in [7, 11) is 1.43. The molecule has 0 aliphatic rings. The van der Waals surface area contributed by atoms with Crippen LogP contribution >= 0.6 is 11.6 Å². The summed E-state index contributed by atoms with van der Waals surface area (Å²) in [6.07, 6.45) is 1.48. The number of benzene rings is 2. The number of amides is 1. The Kier molecular flexibility index (Phi) is 4.72. The molecule has 128 valence electrons. The van der Waals surface area contributed by atoms with E-state index in [2.05, 4.69) is 10.3 Å². The van der Waals surface area contributed by atoms with Crippen LogP contribution in [0.5, 0.6) is 5.75 Å². The van der Waals surface area contributed by atoms with Crippen molar-refractivity contribution in [2.24, 2.45) is 0 Å². The molecule has 0 atom stereocenters. The first kappa shape index (κ1) is 17.0. The maximum absolute atomic E-state index is 14.0. The van der Waals surface area contributed by atoms with Gasteiger partial charge in [-0.15, -0.1) is 0 Å². The second-order valence-electron chi connectivity index (χ2n) is 5.25. The van der Waals surface area contributed by atoms with Gasteiger partial charge in [-0.2, -0.15) is 0 Å². The fourth-order valence-electron chi connectivity index (χ4n) is 2.29. The number of aromatic nitrogens is 1. The number of rotatable bonds is 4. The molecule has 0 aliphatic carbocycles. The molecule has 0 unspecified atom stereocenters. The summed E-state index contributed by atoms with van der Waals surface area (Å²) in [5.74, 6) is -0.409. The van der Waals surface area contributed by atoms with Crippen molar-refractivity contribution in [1.29, 1.82) is 0 Å².